The number of ether oxygens (including phenoxy) is 2. The molecule has 6 rings (SSSR count). The van der Waals surface area contributed by atoms with Crippen molar-refractivity contribution in [2.75, 3.05) is 39.7 Å². The van der Waals surface area contributed by atoms with Crippen LogP contribution >= 0.6 is 23.2 Å². The van der Waals surface area contributed by atoms with Crippen molar-refractivity contribution in [3.63, 3.8) is 0 Å². The van der Waals surface area contributed by atoms with Gasteiger partial charge in [-0.05, 0) is 55.1 Å². The Morgan fingerprint density at radius 3 is 2.53 bits per heavy atom. The number of hydrogen-bond acceptors (Lipinski definition) is 8. The molecule has 2 aliphatic rings. The molecule has 2 atom stereocenters. The minimum absolute atomic E-state index is 0.0326. The van der Waals surface area contributed by atoms with Crippen molar-refractivity contribution in [2.24, 2.45) is 0 Å². The van der Waals surface area contributed by atoms with Crippen LogP contribution in [0.1, 0.15) is 54.0 Å². The molecule has 1 fully saturated rings. The number of amides is 1. The van der Waals surface area contributed by atoms with Crippen LogP contribution in [-0.2, 0) is 29.1 Å². The highest BCUT2D eigenvalue weighted by molar-refractivity contribution is 6.36. The second-order valence-electron chi connectivity index (χ2n) is 13.1. The van der Waals surface area contributed by atoms with E-state index in [0.717, 1.165) is 58.5 Å². The molecule has 0 unspecified atom stereocenters. The number of fused-ring (bicyclic) bond motifs is 1. The van der Waals surface area contributed by atoms with Gasteiger partial charge < -0.3 is 35.4 Å². The van der Waals surface area contributed by atoms with Gasteiger partial charge in [-0.25, -0.2) is 4.98 Å². The van der Waals surface area contributed by atoms with Crippen LogP contribution in [0.25, 0.3) is 22.4 Å². The Bertz CT molecular complexity index is 1920. The summed E-state index contributed by atoms with van der Waals surface area (Å²) in [4.78, 5) is 29.3. The van der Waals surface area contributed by atoms with Crippen LogP contribution in [-0.4, -0.2) is 67.3 Å². The minimum atomic E-state index is -0.831. The number of carbonyl (C=O) groups is 2. The molecule has 268 valence electrons. The van der Waals surface area contributed by atoms with Crippen LogP contribution in [0.3, 0.4) is 0 Å². The Hall–Kier alpha value is -4.35. The summed E-state index contributed by atoms with van der Waals surface area (Å²) in [6.07, 6.45) is 3.22. The van der Waals surface area contributed by atoms with Crippen molar-refractivity contribution in [1.82, 2.24) is 20.5 Å². The fourth-order valence-corrected chi connectivity index (χ4v) is 7.56. The number of anilines is 1. The van der Waals surface area contributed by atoms with Gasteiger partial charge in [0.05, 0.1) is 48.1 Å². The van der Waals surface area contributed by atoms with Gasteiger partial charge in [0.15, 0.2) is 0 Å². The molecule has 2 heterocycles. The standard InChI is InChI=1S/C39H43Cl2N5O5/c1-46(17-16-37(48)49)22-24-18-31(40)34(19-35(24)50-2)44-32-14-12-27-26(6-4-7-28(27)32)29-8-5-9-30(38(29)41)33-13-10-23(39(45-33)51-3)20-42-21-25-11-15-36(47)43-25/h4-10,13,18-19,25,32,42,44H,11-12,14-17,20-22H2,1-3H3,(H,43,47)(H,48,49)/t25-,32-/m0/s1. The summed E-state index contributed by atoms with van der Waals surface area (Å²) in [6.45, 7) is 2.18. The number of rotatable bonds is 15. The van der Waals surface area contributed by atoms with E-state index in [1.54, 1.807) is 14.2 Å². The molecule has 0 saturated carbocycles. The molecule has 0 spiro atoms. The fraction of sp³-hybridized carbons (Fsp3) is 0.359. The number of aliphatic carboxylic acids is 1. The summed E-state index contributed by atoms with van der Waals surface area (Å²) in [6, 6.07) is 20.3. The number of nitrogens with one attached hydrogen (secondary N) is 3. The number of methoxy groups -OCH3 is 2. The Kier molecular flexibility index (Phi) is 11.7. The number of carboxylic acids is 1. The van der Waals surface area contributed by atoms with Crippen LogP contribution in [0.4, 0.5) is 5.69 Å². The summed E-state index contributed by atoms with van der Waals surface area (Å²) in [5, 5.41) is 20.3. The summed E-state index contributed by atoms with van der Waals surface area (Å²) in [5.41, 5.74) is 8.57. The van der Waals surface area contributed by atoms with E-state index in [0.29, 0.717) is 54.3 Å². The molecule has 1 aromatic heterocycles. The molecule has 1 amide bonds. The van der Waals surface area contributed by atoms with Gasteiger partial charge in [-0.2, -0.15) is 0 Å². The third-order valence-electron chi connectivity index (χ3n) is 9.61. The highest BCUT2D eigenvalue weighted by Gasteiger charge is 2.27. The lowest BCUT2D eigenvalue weighted by Crippen LogP contribution is -2.35. The molecule has 10 nitrogen and oxygen atoms in total. The molecule has 3 aromatic carbocycles. The molecule has 0 radical (unpaired) electrons. The van der Waals surface area contributed by atoms with E-state index >= 15 is 0 Å². The molecular formula is C39H43Cl2N5O5. The van der Waals surface area contributed by atoms with Crippen LogP contribution in [0.2, 0.25) is 10.0 Å². The Morgan fingerprint density at radius 2 is 1.78 bits per heavy atom. The van der Waals surface area contributed by atoms with Crippen molar-refractivity contribution in [3.05, 3.63) is 93.0 Å². The van der Waals surface area contributed by atoms with Crippen molar-refractivity contribution >= 4 is 40.8 Å². The van der Waals surface area contributed by atoms with Gasteiger partial charge in [0.2, 0.25) is 11.8 Å². The predicted octanol–water partition coefficient (Wildman–Crippen LogP) is 7.11. The lowest BCUT2D eigenvalue weighted by Gasteiger charge is -2.21. The Labute approximate surface area is 308 Å². The van der Waals surface area contributed by atoms with Gasteiger partial charge in [0, 0.05) is 67.0 Å². The zero-order valence-electron chi connectivity index (χ0n) is 29.0. The number of carbonyl (C=O) groups excluding carboxylic acids is 1. The first-order chi connectivity index (χ1) is 24.6. The zero-order chi connectivity index (χ0) is 36.1. The number of halogens is 2. The minimum Gasteiger partial charge on any atom is -0.496 e. The van der Waals surface area contributed by atoms with E-state index in [2.05, 4.69) is 34.1 Å². The predicted molar refractivity (Wildman–Crippen MR) is 201 cm³/mol. The van der Waals surface area contributed by atoms with Crippen molar-refractivity contribution in [1.29, 1.82) is 0 Å². The third-order valence-corrected chi connectivity index (χ3v) is 10.3. The van der Waals surface area contributed by atoms with E-state index in [9.17, 15) is 9.59 Å². The maximum absolute atomic E-state index is 11.5. The monoisotopic (exact) mass is 731 g/mol. The van der Waals surface area contributed by atoms with Crippen LogP contribution < -0.4 is 25.4 Å². The maximum Gasteiger partial charge on any atom is 0.304 e. The lowest BCUT2D eigenvalue weighted by atomic mass is 9.94. The van der Waals surface area contributed by atoms with Gasteiger partial charge in [-0.15, -0.1) is 0 Å². The normalized spacial score (nSPS) is 16.6. The number of hydrogen-bond donors (Lipinski definition) is 4. The molecule has 1 aliphatic heterocycles. The van der Waals surface area contributed by atoms with E-state index < -0.39 is 5.97 Å². The second kappa shape index (κ2) is 16.3. The number of aromatic nitrogens is 1. The Morgan fingerprint density at radius 1 is 1.00 bits per heavy atom. The second-order valence-corrected chi connectivity index (χ2v) is 13.9. The topological polar surface area (TPSA) is 125 Å². The molecule has 1 aliphatic carbocycles. The molecule has 0 bridgehead atoms. The molecule has 1 saturated heterocycles. The van der Waals surface area contributed by atoms with E-state index in [1.807, 2.05) is 54.4 Å². The van der Waals surface area contributed by atoms with E-state index in [4.69, 9.17) is 42.8 Å². The smallest absolute Gasteiger partial charge is 0.304 e. The molecular weight excluding hydrogens is 689 g/mol. The summed E-state index contributed by atoms with van der Waals surface area (Å²) in [5.74, 6) is 0.488. The largest absolute Gasteiger partial charge is 0.496 e. The maximum atomic E-state index is 11.5. The number of nitrogens with zero attached hydrogens (tertiary/aromatic N) is 2. The SMILES string of the molecule is COc1cc(N[C@H]2CCc3c(-c4cccc(-c5ccc(CNC[C@@H]6CCC(=O)N6)c(OC)n5)c4Cl)cccc32)c(Cl)cc1CN(C)CCC(=O)O. The average molecular weight is 733 g/mol. The van der Waals surface area contributed by atoms with Gasteiger partial charge in [0.25, 0.3) is 0 Å². The lowest BCUT2D eigenvalue weighted by molar-refractivity contribution is -0.137. The molecule has 51 heavy (non-hydrogen) atoms. The van der Waals surface area contributed by atoms with Crippen LogP contribution in [0.15, 0.2) is 60.7 Å². The first kappa shape index (κ1) is 36.4. The molecule has 4 aromatic rings. The van der Waals surface area contributed by atoms with Gasteiger partial charge in [-0.1, -0.05) is 65.7 Å². The van der Waals surface area contributed by atoms with Gasteiger partial charge in [-0.3, -0.25) is 9.59 Å². The Balaban J connectivity index is 1.20. The molecule has 12 heteroatoms. The summed E-state index contributed by atoms with van der Waals surface area (Å²) >= 11 is 14.0. The third kappa shape index (κ3) is 8.42. The number of pyridine rings is 1. The molecule has 4 N–H and O–H groups in total. The van der Waals surface area contributed by atoms with Crippen molar-refractivity contribution < 1.29 is 24.2 Å². The van der Waals surface area contributed by atoms with E-state index in [-0.39, 0.29) is 24.4 Å². The van der Waals surface area contributed by atoms with Gasteiger partial charge >= 0.3 is 5.97 Å². The first-order valence-corrected chi connectivity index (χ1v) is 17.9. The fourth-order valence-electron chi connectivity index (χ4n) is 7.00. The van der Waals surface area contributed by atoms with Crippen molar-refractivity contribution in [3.8, 4) is 34.0 Å². The summed E-state index contributed by atoms with van der Waals surface area (Å²) in [7, 11) is 5.12. The zero-order valence-corrected chi connectivity index (χ0v) is 30.5. The quantitative estimate of drug-likeness (QED) is 0.101. The average Bonchev–Trinajstić information content (AvgIpc) is 3.74. The highest BCUT2D eigenvalue weighted by atomic mass is 35.5. The van der Waals surface area contributed by atoms with Crippen LogP contribution in [0, 0.1) is 0 Å². The number of carboxylic acid groups (broad SMARTS) is 1. The number of benzene rings is 3. The summed E-state index contributed by atoms with van der Waals surface area (Å²) < 4.78 is 11.4. The first-order valence-electron chi connectivity index (χ1n) is 17.1. The van der Waals surface area contributed by atoms with Gasteiger partial charge in [0.1, 0.15) is 5.75 Å². The van der Waals surface area contributed by atoms with E-state index in [1.165, 1.54) is 11.1 Å². The van der Waals surface area contributed by atoms with Crippen LogP contribution in [0.5, 0.6) is 11.6 Å². The van der Waals surface area contributed by atoms with Crippen molar-refractivity contribution in [2.45, 2.75) is 57.3 Å². The highest BCUT2D eigenvalue weighted by Crippen LogP contribution is 2.44.